The largest absolute Gasteiger partial charge is 0.462 e. The van der Waals surface area contributed by atoms with E-state index in [-0.39, 0.29) is 17.5 Å². The van der Waals surface area contributed by atoms with Gasteiger partial charge >= 0.3 is 5.97 Å². The average molecular weight is 459 g/mol. The van der Waals surface area contributed by atoms with E-state index in [1.807, 2.05) is 24.3 Å². The SMILES string of the molecule is CCOC(=O)c1c(NC(=O)c2ccc(S(=O)(=O)N(C)C3CC3)cc2)sc2ccccc12. The molecule has 0 spiro atoms. The summed E-state index contributed by atoms with van der Waals surface area (Å²) in [4.78, 5) is 25.5. The molecule has 3 aromatic rings. The minimum absolute atomic E-state index is 0.0576. The number of esters is 1. The Kier molecular flexibility index (Phi) is 5.83. The van der Waals surface area contributed by atoms with Crippen LogP contribution in [-0.4, -0.2) is 44.3 Å². The number of hydrogen-bond acceptors (Lipinski definition) is 6. The summed E-state index contributed by atoms with van der Waals surface area (Å²) in [6, 6.07) is 13.2. The topological polar surface area (TPSA) is 92.8 Å². The molecule has 0 radical (unpaired) electrons. The van der Waals surface area contributed by atoms with Crippen LogP contribution in [0.5, 0.6) is 0 Å². The number of carbonyl (C=O) groups excluding carboxylic acids is 2. The third-order valence-corrected chi connectivity index (χ3v) is 8.17. The lowest BCUT2D eigenvalue weighted by atomic mass is 10.1. The summed E-state index contributed by atoms with van der Waals surface area (Å²) in [5.74, 6) is -0.934. The minimum Gasteiger partial charge on any atom is -0.462 e. The van der Waals surface area contributed by atoms with Gasteiger partial charge < -0.3 is 10.1 Å². The molecule has 9 heteroatoms. The monoisotopic (exact) mass is 458 g/mol. The average Bonchev–Trinajstić information content (AvgIpc) is 3.54. The van der Waals surface area contributed by atoms with Crippen LogP contribution in [0.2, 0.25) is 0 Å². The number of anilines is 1. The van der Waals surface area contributed by atoms with Gasteiger partial charge in [-0.25, -0.2) is 13.2 Å². The number of rotatable bonds is 7. The molecule has 1 heterocycles. The molecule has 0 bridgehead atoms. The van der Waals surface area contributed by atoms with Crippen molar-refractivity contribution in [3.8, 4) is 0 Å². The van der Waals surface area contributed by atoms with Crippen molar-refractivity contribution in [1.29, 1.82) is 0 Å². The summed E-state index contributed by atoms with van der Waals surface area (Å²) in [7, 11) is -2.00. The fourth-order valence-electron chi connectivity index (χ4n) is 3.29. The molecule has 1 amide bonds. The minimum atomic E-state index is -3.58. The normalized spacial score (nSPS) is 14.0. The third-order valence-electron chi connectivity index (χ3n) is 5.16. The molecule has 1 fully saturated rings. The Morgan fingerprint density at radius 2 is 1.81 bits per heavy atom. The molecule has 162 valence electrons. The maximum atomic E-state index is 12.8. The molecule has 1 saturated carbocycles. The van der Waals surface area contributed by atoms with Crippen molar-refractivity contribution in [3.63, 3.8) is 0 Å². The lowest BCUT2D eigenvalue weighted by molar-refractivity contribution is 0.0530. The van der Waals surface area contributed by atoms with Crippen LogP contribution in [-0.2, 0) is 14.8 Å². The van der Waals surface area contributed by atoms with Crippen molar-refractivity contribution in [3.05, 3.63) is 59.7 Å². The predicted molar refractivity (Wildman–Crippen MR) is 120 cm³/mol. The zero-order chi connectivity index (χ0) is 22.2. The lowest BCUT2D eigenvalue weighted by Gasteiger charge is -2.16. The van der Waals surface area contributed by atoms with Gasteiger partial charge in [-0.3, -0.25) is 4.79 Å². The second kappa shape index (κ2) is 8.41. The van der Waals surface area contributed by atoms with Gasteiger partial charge in [0, 0.05) is 28.7 Å². The van der Waals surface area contributed by atoms with Crippen molar-refractivity contribution >= 4 is 48.3 Å². The number of hydrogen-bond donors (Lipinski definition) is 1. The summed E-state index contributed by atoms with van der Waals surface area (Å²) < 4.78 is 32.7. The van der Waals surface area contributed by atoms with E-state index in [4.69, 9.17) is 4.74 Å². The highest BCUT2D eigenvalue weighted by Gasteiger charge is 2.35. The van der Waals surface area contributed by atoms with Crippen LogP contribution < -0.4 is 5.32 Å². The number of ether oxygens (including phenoxy) is 1. The van der Waals surface area contributed by atoms with Crippen LogP contribution in [0.25, 0.3) is 10.1 Å². The van der Waals surface area contributed by atoms with Crippen molar-refractivity contribution in [1.82, 2.24) is 4.31 Å². The van der Waals surface area contributed by atoms with E-state index in [9.17, 15) is 18.0 Å². The molecule has 0 unspecified atom stereocenters. The van der Waals surface area contributed by atoms with Gasteiger partial charge in [0.15, 0.2) is 0 Å². The predicted octanol–water partition coefficient (Wildman–Crippen LogP) is 4.11. The second-order valence-corrected chi connectivity index (χ2v) is 10.3. The quantitative estimate of drug-likeness (QED) is 0.538. The van der Waals surface area contributed by atoms with Crippen LogP contribution in [0.15, 0.2) is 53.4 Å². The molecule has 0 aliphatic heterocycles. The molecular weight excluding hydrogens is 436 g/mol. The molecule has 0 atom stereocenters. The van der Waals surface area contributed by atoms with Crippen LogP contribution >= 0.6 is 11.3 Å². The summed E-state index contributed by atoms with van der Waals surface area (Å²) >= 11 is 1.29. The summed E-state index contributed by atoms with van der Waals surface area (Å²) in [5, 5.41) is 3.90. The molecule has 1 aliphatic rings. The van der Waals surface area contributed by atoms with E-state index in [1.165, 1.54) is 39.9 Å². The van der Waals surface area contributed by atoms with E-state index in [2.05, 4.69) is 5.32 Å². The van der Waals surface area contributed by atoms with Gasteiger partial charge in [0.1, 0.15) is 10.6 Å². The first-order chi connectivity index (χ1) is 14.8. The van der Waals surface area contributed by atoms with Crippen molar-refractivity contribution < 1.29 is 22.7 Å². The van der Waals surface area contributed by atoms with Crippen molar-refractivity contribution in [2.75, 3.05) is 19.0 Å². The lowest BCUT2D eigenvalue weighted by Crippen LogP contribution is -2.29. The number of nitrogens with zero attached hydrogens (tertiary/aromatic N) is 1. The van der Waals surface area contributed by atoms with E-state index in [0.717, 1.165) is 17.5 Å². The van der Waals surface area contributed by atoms with Gasteiger partial charge in [-0.1, -0.05) is 18.2 Å². The smallest absolute Gasteiger partial charge is 0.341 e. The second-order valence-electron chi connectivity index (χ2n) is 7.25. The zero-order valence-electron chi connectivity index (χ0n) is 17.1. The van der Waals surface area contributed by atoms with Gasteiger partial charge in [-0.15, -0.1) is 11.3 Å². The maximum Gasteiger partial charge on any atom is 0.341 e. The first-order valence-electron chi connectivity index (χ1n) is 9.91. The Hall–Kier alpha value is -2.75. The zero-order valence-corrected chi connectivity index (χ0v) is 18.8. The molecular formula is C22H22N2O5S2. The van der Waals surface area contributed by atoms with Gasteiger partial charge in [-0.05, 0) is 50.1 Å². The Labute approximate surface area is 184 Å². The van der Waals surface area contributed by atoms with Gasteiger partial charge in [0.05, 0.1) is 11.5 Å². The summed E-state index contributed by atoms with van der Waals surface area (Å²) in [5.41, 5.74) is 0.612. The molecule has 1 aromatic heterocycles. The molecule has 1 N–H and O–H groups in total. The number of amides is 1. The van der Waals surface area contributed by atoms with Crippen molar-refractivity contribution in [2.45, 2.75) is 30.7 Å². The van der Waals surface area contributed by atoms with Gasteiger partial charge in [0.25, 0.3) is 5.91 Å². The fraction of sp³-hybridized carbons (Fsp3) is 0.273. The fourth-order valence-corrected chi connectivity index (χ4v) is 5.80. The Morgan fingerprint density at radius 3 is 2.45 bits per heavy atom. The van der Waals surface area contributed by atoms with E-state index in [1.54, 1.807) is 14.0 Å². The number of nitrogens with one attached hydrogen (secondary N) is 1. The van der Waals surface area contributed by atoms with Gasteiger partial charge in [-0.2, -0.15) is 4.31 Å². The Balaban J connectivity index is 1.59. The highest BCUT2D eigenvalue weighted by molar-refractivity contribution is 7.89. The molecule has 1 aliphatic carbocycles. The number of benzene rings is 2. The van der Waals surface area contributed by atoms with Gasteiger partial charge in [0.2, 0.25) is 10.0 Å². The van der Waals surface area contributed by atoms with E-state index >= 15 is 0 Å². The highest BCUT2D eigenvalue weighted by atomic mass is 32.2. The van der Waals surface area contributed by atoms with Crippen LogP contribution in [0, 0.1) is 0 Å². The first kappa shape index (κ1) is 21.5. The summed E-state index contributed by atoms with van der Waals surface area (Å²) in [6.07, 6.45) is 1.74. The van der Waals surface area contributed by atoms with Crippen LogP contribution in [0.3, 0.4) is 0 Å². The standard InChI is InChI=1S/C22H22N2O5S2/c1-3-29-22(26)19-17-6-4-5-7-18(17)30-21(19)23-20(25)14-8-12-16(13-9-14)31(27,28)24(2)15-10-11-15/h4-9,12-13,15H,3,10-11H2,1-2H3,(H,23,25). The molecule has 2 aromatic carbocycles. The Bertz CT molecular complexity index is 1240. The number of fused-ring (bicyclic) bond motifs is 1. The van der Waals surface area contributed by atoms with E-state index in [0.29, 0.717) is 21.5 Å². The van der Waals surface area contributed by atoms with Crippen LogP contribution in [0.4, 0.5) is 5.00 Å². The van der Waals surface area contributed by atoms with Crippen LogP contribution in [0.1, 0.15) is 40.5 Å². The molecule has 31 heavy (non-hydrogen) atoms. The Morgan fingerprint density at radius 1 is 1.13 bits per heavy atom. The number of thiophene rings is 1. The van der Waals surface area contributed by atoms with Crippen molar-refractivity contribution in [2.24, 2.45) is 0 Å². The highest BCUT2D eigenvalue weighted by Crippen LogP contribution is 2.36. The molecule has 4 rings (SSSR count). The van der Waals surface area contributed by atoms with E-state index < -0.39 is 21.9 Å². The summed E-state index contributed by atoms with van der Waals surface area (Å²) in [6.45, 7) is 1.95. The molecule has 7 nitrogen and oxygen atoms in total. The first-order valence-corrected chi connectivity index (χ1v) is 12.2. The maximum absolute atomic E-state index is 12.8. The third kappa shape index (κ3) is 4.21. The molecule has 0 saturated heterocycles. The number of carbonyl (C=O) groups is 2. The number of sulfonamides is 1.